The van der Waals surface area contributed by atoms with Gasteiger partial charge in [0.05, 0.1) is 31.4 Å². The molecule has 92 valence electrons. The third-order valence-corrected chi connectivity index (χ3v) is 2.69. The second kappa shape index (κ2) is 5.20. The minimum atomic E-state index is -0.791. The Hall–Kier alpha value is -1.53. The summed E-state index contributed by atoms with van der Waals surface area (Å²) in [4.78, 5) is 16.9. The lowest BCUT2D eigenvalue weighted by Gasteiger charge is -2.34. The number of amides is 1. The first-order valence-electron chi connectivity index (χ1n) is 5.34. The molecular formula is C11H13FN2O3. The number of aromatic nitrogens is 1. The van der Waals surface area contributed by atoms with E-state index in [0.29, 0.717) is 13.2 Å². The standard InChI is InChI=1S/C11H13FN2O3/c12-10-9(2-1-3-13-10)11(16)14-4-5-17-7-8(14)6-15/h1-3,8,15H,4-7H2. The number of aliphatic hydroxyl groups is 1. The van der Waals surface area contributed by atoms with Gasteiger partial charge in [-0.2, -0.15) is 4.39 Å². The van der Waals surface area contributed by atoms with Crippen molar-refractivity contribution in [2.24, 2.45) is 0 Å². The maximum atomic E-state index is 13.4. The van der Waals surface area contributed by atoms with Crippen LogP contribution in [0.5, 0.6) is 0 Å². The average Bonchev–Trinajstić information content (AvgIpc) is 2.38. The first-order chi connectivity index (χ1) is 8.24. The van der Waals surface area contributed by atoms with E-state index in [4.69, 9.17) is 9.84 Å². The summed E-state index contributed by atoms with van der Waals surface area (Å²) in [6.07, 6.45) is 1.29. The smallest absolute Gasteiger partial charge is 0.258 e. The van der Waals surface area contributed by atoms with Gasteiger partial charge in [0.15, 0.2) is 0 Å². The molecule has 1 amide bonds. The largest absolute Gasteiger partial charge is 0.394 e. The second-order valence-electron chi connectivity index (χ2n) is 3.75. The molecule has 0 aromatic carbocycles. The number of ether oxygens (including phenoxy) is 1. The first kappa shape index (κ1) is 11.9. The lowest BCUT2D eigenvalue weighted by atomic mass is 10.2. The summed E-state index contributed by atoms with van der Waals surface area (Å²) >= 11 is 0. The molecule has 5 nitrogen and oxygen atoms in total. The SMILES string of the molecule is O=C(c1cccnc1F)N1CCOCC1CO. The summed E-state index contributed by atoms with van der Waals surface area (Å²) in [5.74, 6) is -1.25. The van der Waals surface area contributed by atoms with Crippen LogP contribution in [0.15, 0.2) is 18.3 Å². The predicted molar refractivity (Wildman–Crippen MR) is 56.9 cm³/mol. The second-order valence-corrected chi connectivity index (χ2v) is 3.75. The number of nitrogens with zero attached hydrogens (tertiary/aromatic N) is 2. The van der Waals surface area contributed by atoms with Crippen molar-refractivity contribution < 1.29 is 19.0 Å². The molecule has 0 spiro atoms. The minimum Gasteiger partial charge on any atom is -0.394 e. The van der Waals surface area contributed by atoms with Gasteiger partial charge < -0.3 is 14.7 Å². The Labute approximate surface area is 97.8 Å². The van der Waals surface area contributed by atoms with Crippen molar-refractivity contribution in [3.05, 3.63) is 29.8 Å². The molecular weight excluding hydrogens is 227 g/mol. The molecule has 0 saturated carbocycles. The molecule has 1 saturated heterocycles. The quantitative estimate of drug-likeness (QED) is 0.742. The van der Waals surface area contributed by atoms with E-state index in [-0.39, 0.29) is 18.8 Å². The molecule has 0 radical (unpaired) electrons. The third-order valence-electron chi connectivity index (χ3n) is 2.69. The van der Waals surface area contributed by atoms with Crippen molar-refractivity contribution >= 4 is 5.91 Å². The van der Waals surface area contributed by atoms with E-state index < -0.39 is 17.9 Å². The first-order valence-corrected chi connectivity index (χ1v) is 5.34. The lowest BCUT2D eigenvalue weighted by molar-refractivity contribution is -0.0186. The molecule has 1 fully saturated rings. The molecule has 6 heteroatoms. The Bertz CT molecular complexity index is 413. The van der Waals surface area contributed by atoms with E-state index >= 15 is 0 Å². The number of carbonyl (C=O) groups is 1. The Morgan fingerprint density at radius 2 is 2.53 bits per heavy atom. The Morgan fingerprint density at radius 1 is 1.71 bits per heavy atom. The monoisotopic (exact) mass is 240 g/mol. The molecule has 2 rings (SSSR count). The molecule has 1 atom stereocenters. The van der Waals surface area contributed by atoms with Crippen molar-refractivity contribution in [1.29, 1.82) is 0 Å². The maximum Gasteiger partial charge on any atom is 0.258 e. The van der Waals surface area contributed by atoms with Crippen LogP contribution in [0.2, 0.25) is 0 Å². The summed E-state index contributed by atoms with van der Waals surface area (Å²) < 4.78 is 18.5. The summed E-state index contributed by atoms with van der Waals surface area (Å²) in [5.41, 5.74) is -0.0761. The van der Waals surface area contributed by atoms with Crippen LogP contribution in [0.1, 0.15) is 10.4 Å². The molecule has 0 aliphatic carbocycles. The lowest BCUT2D eigenvalue weighted by Crippen LogP contribution is -2.50. The Morgan fingerprint density at radius 3 is 3.24 bits per heavy atom. The topological polar surface area (TPSA) is 62.7 Å². The third kappa shape index (κ3) is 2.42. The fraction of sp³-hybridized carbons (Fsp3) is 0.455. The highest BCUT2D eigenvalue weighted by atomic mass is 19.1. The van der Waals surface area contributed by atoms with E-state index in [1.807, 2.05) is 0 Å². The van der Waals surface area contributed by atoms with Crippen LogP contribution in [0.4, 0.5) is 4.39 Å². The molecule has 17 heavy (non-hydrogen) atoms. The van der Waals surface area contributed by atoms with E-state index in [9.17, 15) is 9.18 Å². The van der Waals surface area contributed by atoms with Gasteiger partial charge in [-0.1, -0.05) is 0 Å². The summed E-state index contributed by atoms with van der Waals surface area (Å²) in [5, 5.41) is 9.14. The number of halogens is 1. The number of carbonyl (C=O) groups excluding carboxylic acids is 1. The molecule has 2 heterocycles. The summed E-state index contributed by atoms with van der Waals surface area (Å²) in [6, 6.07) is 2.47. The highest BCUT2D eigenvalue weighted by molar-refractivity contribution is 5.94. The Kier molecular flexibility index (Phi) is 3.65. The summed E-state index contributed by atoms with van der Waals surface area (Å²) in [6.45, 7) is 0.806. The van der Waals surface area contributed by atoms with Crippen LogP contribution in [-0.4, -0.2) is 53.3 Å². The van der Waals surface area contributed by atoms with E-state index in [1.165, 1.54) is 23.2 Å². The number of pyridine rings is 1. The molecule has 1 aliphatic heterocycles. The van der Waals surface area contributed by atoms with Crippen LogP contribution < -0.4 is 0 Å². The van der Waals surface area contributed by atoms with Gasteiger partial charge in [0.2, 0.25) is 5.95 Å². The zero-order valence-corrected chi connectivity index (χ0v) is 9.17. The van der Waals surface area contributed by atoms with Crippen LogP contribution in [0, 0.1) is 5.95 Å². The molecule has 1 unspecified atom stereocenters. The number of rotatable bonds is 2. The highest BCUT2D eigenvalue weighted by Gasteiger charge is 2.29. The fourth-order valence-corrected chi connectivity index (χ4v) is 1.77. The fourth-order valence-electron chi connectivity index (χ4n) is 1.77. The van der Waals surface area contributed by atoms with Gasteiger partial charge in [-0.25, -0.2) is 4.98 Å². The van der Waals surface area contributed by atoms with Gasteiger partial charge in [-0.15, -0.1) is 0 Å². The van der Waals surface area contributed by atoms with Crippen molar-refractivity contribution in [3.63, 3.8) is 0 Å². The number of morpholine rings is 1. The summed E-state index contributed by atoms with van der Waals surface area (Å²) in [7, 11) is 0. The highest BCUT2D eigenvalue weighted by Crippen LogP contribution is 2.13. The van der Waals surface area contributed by atoms with Crippen LogP contribution in [0.25, 0.3) is 0 Å². The van der Waals surface area contributed by atoms with Gasteiger partial charge in [0.1, 0.15) is 0 Å². The predicted octanol–water partition coefficient (Wildman–Crippen LogP) is 0.0540. The van der Waals surface area contributed by atoms with Gasteiger partial charge >= 0.3 is 0 Å². The van der Waals surface area contributed by atoms with E-state index in [0.717, 1.165) is 0 Å². The zero-order valence-electron chi connectivity index (χ0n) is 9.17. The van der Waals surface area contributed by atoms with Crippen LogP contribution in [-0.2, 0) is 4.74 Å². The molecule has 1 N–H and O–H groups in total. The van der Waals surface area contributed by atoms with Gasteiger partial charge in [0, 0.05) is 12.7 Å². The van der Waals surface area contributed by atoms with E-state index in [1.54, 1.807) is 0 Å². The van der Waals surface area contributed by atoms with Gasteiger partial charge in [0.25, 0.3) is 5.91 Å². The van der Waals surface area contributed by atoms with Gasteiger partial charge in [-0.3, -0.25) is 4.79 Å². The molecule has 1 aromatic rings. The van der Waals surface area contributed by atoms with Crippen LogP contribution in [0.3, 0.4) is 0 Å². The van der Waals surface area contributed by atoms with Crippen molar-refractivity contribution in [2.75, 3.05) is 26.4 Å². The number of hydrogen-bond acceptors (Lipinski definition) is 4. The molecule has 1 aliphatic rings. The molecule has 1 aromatic heterocycles. The van der Waals surface area contributed by atoms with Crippen LogP contribution >= 0.6 is 0 Å². The zero-order chi connectivity index (χ0) is 12.3. The van der Waals surface area contributed by atoms with Gasteiger partial charge in [-0.05, 0) is 12.1 Å². The normalized spacial score (nSPS) is 20.4. The van der Waals surface area contributed by atoms with Crippen molar-refractivity contribution in [3.8, 4) is 0 Å². The number of hydrogen-bond donors (Lipinski definition) is 1. The van der Waals surface area contributed by atoms with E-state index in [2.05, 4.69) is 4.98 Å². The minimum absolute atomic E-state index is 0.0761. The van der Waals surface area contributed by atoms with Crippen molar-refractivity contribution in [1.82, 2.24) is 9.88 Å². The number of aliphatic hydroxyl groups excluding tert-OH is 1. The maximum absolute atomic E-state index is 13.4. The average molecular weight is 240 g/mol. The molecule has 0 bridgehead atoms. The van der Waals surface area contributed by atoms with Crippen molar-refractivity contribution in [2.45, 2.75) is 6.04 Å². The Balaban J connectivity index is 2.21.